The Labute approximate surface area is 231 Å². The Balaban J connectivity index is 0. The van der Waals surface area contributed by atoms with E-state index in [4.69, 9.17) is 0 Å². The van der Waals surface area contributed by atoms with Crippen molar-refractivity contribution in [3.8, 4) is 0 Å². The van der Waals surface area contributed by atoms with Crippen molar-refractivity contribution < 1.29 is 32.7 Å². The van der Waals surface area contributed by atoms with Crippen molar-refractivity contribution in [2.75, 3.05) is 0 Å². The summed E-state index contributed by atoms with van der Waals surface area (Å²) >= 11 is 0. The fourth-order valence-corrected chi connectivity index (χ4v) is 4.12. The summed E-state index contributed by atoms with van der Waals surface area (Å²) < 4.78 is 0. The summed E-state index contributed by atoms with van der Waals surface area (Å²) in [5.74, 6) is 14.7. The molecule has 0 atom stereocenters. The summed E-state index contributed by atoms with van der Waals surface area (Å²) in [5, 5.41) is 0. The average Bonchev–Trinajstić information content (AvgIpc) is 3.04. The smallest absolute Gasteiger partial charge is 0 e. The standard InChI is InChI=1S/C11H23.2C10H15.Y/c1-3-5-7-9-11-10-8-6-4-2;2*1-6-7(2)9(4)10(5)8(6)3;/h1,3-11H2,2H3;2*1-5H3;/q-1;;;. The van der Waals surface area contributed by atoms with E-state index in [2.05, 4.69) is 83.1 Å². The maximum absolute atomic E-state index is 3.83. The van der Waals surface area contributed by atoms with Gasteiger partial charge in [0.05, 0.1) is 0 Å². The van der Waals surface area contributed by atoms with Gasteiger partial charge in [0.25, 0.3) is 0 Å². The van der Waals surface area contributed by atoms with Gasteiger partial charge in [-0.1, -0.05) is 128 Å². The van der Waals surface area contributed by atoms with Crippen molar-refractivity contribution in [2.45, 2.75) is 134 Å². The van der Waals surface area contributed by atoms with E-state index < -0.39 is 0 Å². The molecule has 32 heavy (non-hydrogen) atoms. The Morgan fingerprint density at radius 3 is 0.750 bits per heavy atom. The topological polar surface area (TPSA) is 0 Å². The molecule has 0 spiro atoms. The van der Waals surface area contributed by atoms with Gasteiger partial charge < -0.3 is 6.92 Å². The van der Waals surface area contributed by atoms with Crippen molar-refractivity contribution in [1.29, 1.82) is 0 Å². The van der Waals surface area contributed by atoms with Gasteiger partial charge in [0.15, 0.2) is 0 Å². The van der Waals surface area contributed by atoms with Gasteiger partial charge in [-0.2, -0.15) is 6.42 Å². The van der Waals surface area contributed by atoms with Crippen LogP contribution in [0, 0.1) is 66.1 Å². The third-order valence-corrected chi connectivity index (χ3v) is 7.73. The predicted octanol–water partition coefficient (Wildman–Crippen LogP) is 10.3. The second kappa shape index (κ2) is 19.3. The largest absolute Gasteiger partial charge is 0.343 e. The minimum absolute atomic E-state index is 0. The minimum atomic E-state index is 0. The molecule has 0 amide bonds. The molecule has 2 aliphatic carbocycles. The van der Waals surface area contributed by atoms with E-state index in [0.29, 0.717) is 0 Å². The van der Waals surface area contributed by atoms with E-state index in [1.807, 2.05) is 0 Å². The molecule has 0 aliphatic heterocycles. The fraction of sp³-hybridized carbons (Fsp3) is 0.645. The Morgan fingerprint density at radius 2 is 0.562 bits per heavy atom. The van der Waals surface area contributed by atoms with E-state index in [1.165, 1.54) is 111 Å². The van der Waals surface area contributed by atoms with Gasteiger partial charge in [0.2, 0.25) is 0 Å². The fourth-order valence-electron chi connectivity index (χ4n) is 4.12. The summed E-state index contributed by atoms with van der Waals surface area (Å²) in [5.41, 5.74) is 0. The first-order valence-corrected chi connectivity index (χ1v) is 12.7. The number of rotatable bonds is 8. The molecule has 0 aromatic heterocycles. The van der Waals surface area contributed by atoms with E-state index in [1.54, 1.807) is 0 Å². The zero-order chi connectivity index (χ0) is 24.1. The van der Waals surface area contributed by atoms with Crippen LogP contribution in [0.5, 0.6) is 0 Å². The van der Waals surface area contributed by atoms with Crippen LogP contribution in [0.4, 0.5) is 0 Å². The maximum Gasteiger partial charge on any atom is 0 e. The summed E-state index contributed by atoms with van der Waals surface area (Å²) in [6, 6.07) is 0. The maximum atomic E-state index is 3.83. The first kappa shape index (κ1) is 35.3. The molecule has 0 aromatic rings. The van der Waals surface area contributed by atoms with Crippen LogP contribution >= 0.6 is 0 Å². The molecule has 0 aromatic carbocycles. The predicted molar refractivity (Wildman–Crippen MR) is 142 cm³/mol. The molecule has 181 valence electrons. The summed E-state index contributed by atoms with van der Waals surface area (Å²) in [6.45, 7) is 28.1. The van der Waals surface area contributed by atoms with E-state index in [-0.39, 0.29) is 32.7 Å². The summed E-state index contributed by atoms with van der Waals surface area (Å²) in [6.07, 6.45) is 12.4. The molecule has 0 N–H and O–H groups in total. The van der Waals surface area contributed by atoms with Crippen molar-refractivity contribution >= 4 is 0 Å². The molecule has 0 unspecified atom stereocenters. The minimum Gasteiger partial charge on any atom is -0.343 e. The van der Waals surface area contributed by atoms with Gasteiger partial charge in [-0.25, -0.2) is 0 Å². The third-order valence-electron chi connectivity index (χ3n) is 7.73. The van der Waals surface area contributed by atoms with Crippen LogP contribution in [-0.4, -0.2) is 0 Å². The summed E-state index contributed by atoms with van der Waals surface area (Å²) in [7, 11) is 0. The molecular weight excluding hydrogens is 461 g/mol. The second-order valence-corrected chi connectivity index (χ2v) is 9.58. The van der Waals surface area contributed by atoms with Crippen LogP contribution < -0.4 is 0 Å². The molecule has 2 aliphatic rings. The van der Waals surface area contributed by atoms with Crippen LogP contribution in [-0.2, 0) is 32.7 Å². The molecule has 2 fully saturated rings. The van der Waals surface area contributed by atoms with Crippen molar-refractivity contribution in [2.24, 2.45) is 0 Å². The number of hydrogen-bond donors (Lipinski definition) is 0. The van der Waals surface area contributed by atoms with Gasteiger partial charge in [-0.15, -0.1) is 0 Å². The number of unbranched alkanes of at least 4 members (excludes halogenated alkanes) is 8. The quantitative estimate of drug-likeness (QED) is 0.223. The molecule has 0 bridgehead atoms. The monoisotopic (exact) mass is 514 g/mol. The van der Waals surface area contributed by atoms with Crippen LogP contribution in [0.15, 0.2) is 0 Å². The van der Waals surface area contributed by atoms with Gasteiger partial charge in [0, 0.05) is 32.7 Å². The first-order valence-electron chi connectivity index (χ1n) is 12.7. The Morgan fingerprint density at radius 1 is 0.375 bits per heavy atom. The number of hydrogen-bond acceptors (Lipinski definition) is 0. The van der Waals surface area contributed by atoms with Crippen molar-refractivity contribution in [1.82, 2.24) is 0 Å². The van der Waals surface area contributed by atoms with Crippen molar-refractivity contribution in [3.05, 3.63) is 66.1 Å². The first-order chi connectivity index (χ1) is 14.5. The van der Waals surface area contributed by atoms with Gasteiger partial charge in [-0.05, 0) is 59.2 Å². The normalized spacial score (nSPS) is 21.4. The summed E-state index contributed by atoms with van der Waals surface area (Å²) in [4.78, 5) is 0. The zero-order valence-corrected chi connectivity index (χ0v) is 26.5. The molecule has 0 saturated heterocycles. The molecular formula is C31H53Y-. The van der Waals surface area contributed by atoms with Crippen LogP contribution in [0.25, 0.3) is 0 Å². The van der Waals surface area contributed by atoms with Crippen LogP contribution in [0.3, 0.4) is 0 Å². The molecule has 0 heterocycles. The van der Waals surface area contributed by atoms with Gasteiger partial charge >= 0.3 is 0 Å². The Kier molecular flexibility index (Phi) is 21.3. The van der Waals surface area contributed by atoms with Gasteiger partial charge in [0.1, 0.15) is 0 Å². The van der Waals surface area contributed by atoms with E-state index in [9.17, 15) is 0 Å². The molecule has 1 heteroatoms. The third kappa shape index (κ3) is 11.7. The van der Waals surface area contributed by atoms with Gasteiger partial charge in [-0.3, -0.25) is 0 Å². The van der Waals surface area contributed by atoms with Crippen molar-refractivity contribution in [3.63, 3.8) is 0 Å². The average molecular weight is 515 g/mol. The SMILES string of the molecule is C[C]1[C](C)[C](C)[C](C)[C]1C.C[C]1[C](C)[C](C)[C](C)[C]1C.[CH2-]CCCCCCCCCC.[Y]. The van der Waals surface area contributed by atoms with Crippen LogP contribution in [0.2, 0.25) is 0 Å². The Hall–Kier alpha value is 1.10. The van der Waals surface area contributed by atoms with E-state index in [0.717, 1.165) is 6.42 Å². The molecule has 11 radical (unpaired) electrons. The molecule has 2 rings (SSSR count). The molecule has 2 saturated carbocycles. The van der Waals surface area contributed by atoms with Crippen LogP contribution in [0.1, 0.15) is 134 Å². The molecule has 0 nitrogen and oxygen atoms in total. The van der Waals surface area contributed by atoms with E-state index >= 15 is 0 Å². The Bertz CT molecular complexity index is 291. The zero-order valence-electron chi connectivity index (χ0n) is 23.6. The second-order valence-electron chi connectivity index (χ2n) is 9.58.